The molecule has 2 rings (SSSR count). The zero-order valence-electron chi connectivity index (χ0n) is 11.9. The number of nitrogens with two attached hydrogens (primary N) is 1. The highest BCUT2D eigenvalue weighted by Gasteiger charge is 2.30. The van der Waals surface area contributed by atoms with Crippen LogP contribution in [0.4, 0.5) is 15.8 Å². The maximum absolute atomic E-state index is 13.8. The zero-order valence-corrected chi connectivity index (χ0v) is 11.9. The molecule has 1 saturated carbocycles. The maximum Gasteiger partial charge on any atom is 0.167 e. The van der Waals surface area contributed by atoms with Gasteiger partial charge in [0.2, 0.25) is 0 Å². The third-order valence-corrected chi connectivity index (χ3v) is 3.21. The summed E-state index contributed by atoms with van der Waals surface area (Å²) in [5.41, 5.74) is 7.38. The van der Waals surface area contributed by atoms with Crippen molar-refractivity contribution in [3.05, 3.63) is 17.9 Å². The number of nitrogens with zero attached hydrogens (tertiary/aromatic N) is 1. The molecule has 0 unspecified atom stereocenters. The molecule has 1 fully saturated rings. The summed E-state index contributed by atoms with van der Waals surface area (Å²) < 4.78 is 19.3. The minimum absolute atomic E-state index is 0.0495. The van der Waals surface area contributed by atoms with Crippen LogP contribution in [0.25, 0.3) is 0 Å². The lowest BCUT2D eigenvalue weighted by atomic mass is 10.2. The molecule has 1 aliphatic carbocycles. The van der Waals surface area contributed by atoms with Gasteiger partial charge in [-0.1, -0.05) is 6.92 Å². The second-order valence-corrected chi connectivity index (χ2v) is 5.43. The molecule has 0 atom stereocenters. The summed E-state index contributed by atoms with van der Waals surface area (Å²) in [7, 11) is 0. The first-order chi connectivity index (χ1) is 9.02. The van der Waals surface area contributed by atoms with Gasteiger partial charge in [-0.15, -0.1) is 0 Å². The molecule has 1 aromatic carbocycles. The summed E-state index contributed by atoms with van der Waals surface area (Å²) >= 11 is 0. The van der Waals surface area contributed by atoms with Gasteiger partial charge >= 0.3 is 0 Å². The summed E-state index contributed by atoms with van der Waals surface area (Å²) in [6, 6.07) is 3.68. The predicted molar refractivity (Wildman–Crippen MR) is 77.2 cm³/mol. The fourth-order valence-electron chi connectivity index (χ4n) is 2.28. The second-order valence-electron chi connectivity index (χ2n) is 5.43. The van der Waals surface area contributed by atoms with Crippen LogP contribution in [0.5, 0.6) is 5.75 Å². The molecule has 2 N–H and O–H groups in total. The molecule has 0 saturated heterocycles. The van der Waals surface area contributed by atoms with Gasteiger partial charge in [0.25, 0.3) is 0 Å². The molecule has 0 bridgehead atoms. The zero-order chi connectivity index (χ0) is 14.0. The smallest absolute Gasteiger partial charge is 0.167 e. The van der Waals surface area contributed by atoms with Crippen LogP contribution in [0.15, 0.2) is 12.1 Å². The largest absolute Gasteiger partial charge is 0.488 e. The highest BCUT2D eigenvalue weighted by atomic mass is 19.1. The minimum Gasteiger partial charge on any atom is -0.488 e. The van der Waals surface area contributed by atoms with Crippen molar-refractivity contribution in [2.45, 2.75) is 52.2 Å². The van der Waals surface area contributed by atoms with E-state index in [4.69, 9.17) is 10.5 Å². The molecule has 19 heavy (non-hydrogen) atoms. The number of rotatable bonds is 6. The molecule has 4 heteroatoms. The van der Waals surface area contributed by atoms with Gasteiger partial charge in [-0.05, 0) is 33.1 Å². The van der Waals surface area contributed by atoms with Gasteiger partial charge in [-0.25, -0.2) is 4.39 Å². The van der Waals surface area contributed by atoms with E-state index in [1.54, 1.807) is 6.07 Å². The Labute approximate surface area is 114 Å². The summed E-state index contributed by atoms with van der Waals surface area (Å²) in [6.45, 7) is 6.86. The Morgan fingerprint density at radius 1 is 1.42 bits per heavy atom. The Balaban J connectivity index is 2.32. The van der Waals surface area contributed by atoms with Crippen molar-refractivity contribution in [2.24, 2.45) is 0 Å². The van der Waals surface area contributed by atoms with Crippen LogP contribution >= 0.6 is 0 Å². The molecule has 0 radical (unpaired) electrons. The van der Waals surface area contributed by atoms with Crippen LogP contribution in [-0.2, 0) is 0 Å². The molecule has 3 nitrogen and oxygen atoms in total. The Morgan fingerprint density at radius 2 is 2.11 bits per heavy atom. The summed E-state index contributed by atoms with van der Waals surface area (Å²) in [6.07, 6.45) is 3.38. The number of hydrogen-bond acceptors (Lipinski definition) is 3. The Kier molecular flexibility index (Phi) is 4.17. The molecule has 0 heterocycles. The quantitative estimate of drug-likeness (QED) is 0.800. The van der Waals surface area contributed by atoms with Gasteiger partial charge in [0.15, 0.2) is 11.6 Å². The van der Waals surface area contributed by atoms with Crippen LogP contribution in [-0.4, -0.2) is 18.7 Å². The molecular formula is C15H23FN2O. The predicted octanol–water partition coefficient (Wildman–Crippen LogP) is 3.57. The standard InChI is InChI=1S/C15H23FN2O/c1-4-7-18(11-5-6-11)14-9-15(19-10(2)3)12(16)8-13(14)17/h8-11H,4-7,17H2,1-3H3. The molecule has 1 aliphatic rings. The van der Waals surface area contributed by atoms with E-state index in [0.29, 0.717) is 17.5 Å². The van der Waals surface area contributed by atoms with Crippen LogP contribution < -0.4 is 15.4 Å². The van der Waals surface area contributed by atoms with Gasteiger partial charge in [-0.3, -0.25) is 0 Å². The van der Waals surface area contributed by atoms with Gasteiger partial charge < -0.3 is 15.4 Å². The van der Waals surface area contributed by atoms with Gasteiger partial charge in [0, 0.05) is 24.7 Å². The number of halogens is 1. The van der Waals surface area contributed by atoms with Crippen LogP contribution in [0.3, 0.4) is 0 Å². The normalized spacial score (nSPS) is 14.8. The maximum atomic E-state index is 13.8. The van der Waals surface area contributed by atoms with E-state index in [0.717, 1.165) is 18.7 Å². The highest BCUT2D eigenvalue weighted by molar-refractivity contribution is 5.71. The number of ether oxygens (including phenoxy) is 1. The van der Waals surface area contributed by atoms with Gasteiger partial charge in [0.05, 0.1) is 17.5 Å². The average molecular weight is 266 g/mol. The minimum atomic E-state index is -0.387. The van der Waals surface area contributed by atoms with Crippen LogP contribution in [0.2, 0.25) is 0 Å². The van der Waals surface area contributed by atoms with Crippen molar-refractivity contribution in [2.75, 3.05) is 17.2 Å². The Morgan fingerprint density at radius 3 is 2.63 bits per heavy atom. The molecule has 106 valence electrons. The molecule has 0 aliphatic heterocycles. The summed E-state index contributed by atoms with van der Waals surface area (Å²) in [5.74, 6) is -0.0943. The number of anilines is 2. The van der Waals surface area contributed by atoms with Crippen molar-refractivity contribution in [3.63, 3.8) is 0 Å². The topological polar surface area (TPSA) is 38.5 Å². The third-order valence-electron chi connectivity index (χ3n) is 3.21. The number of benzene rings is 1. The lowest BCUT2D eigenvalue weighted by Crippen LogP contribution is -2.27. The van der Waals surface area contributed by atoms with Crippen molar-refractivity contribution in [1.29, 1.82) is 0 Å². The first kappa shape index (κ1) is 14.0. The molecule has 1 aromatic rings. The lowest BCUT2D eigenvalue weighted by Gasteiger charge is -2.26. The fraction of sp³-hybridized carbons (Fsp3) is 0.600. The SMILES string of the molecule is CCCN(c1cc(OC(C)C)c(F)cc1N)C1CC1. The number of hydrogen-bond donors (Lipinski definition) is 1. The van der Waals surface area contributed by atoms with E-state index >= 15 is 0 Å². The van der Waals surface area contributed by atoms with Gasteiger partial charge in [0.1, 0.15) is 0 Å². The van der Waals surface area contributed by atoms with Crippen LogP contribution in [0.1, 0.15) is 40.0 Å². The van der Waals surface area contributed by atoms with Gasteiger partial charge in [-0.2, -0.15) is 0 Å². The van der Waals surface area contributed by atoms with Crippen molar-refractivity contribution in [1.82, 2.24) is 0 Å². The van der Waals surface area contributed by atoms with Crippen LogP contribution in [0, 0.1) is 5.82 Å². The number of nitrogen functional groups attached to an aromatic ring is 1. The molecule has 0 spiro atoms. The van der Waals surface area contributed by atoms with E-state index in [2.05, 4.69) is 11.8 Å². The summed E-state index contributed by atoms with van der Waals surface area (Å²) in [4.78, 5) is 2.28. The van der Waals surface area contributed by atoms with E-state index in [-0.39, 0.29) is 11.9 Å². The van der Waals surface area contributed by atoms with E-state index in [1.807, 2.05) is 13.8 Å². The van der Waals surface area contributed by atoms with E-state index in [9.17, 15) is 4.39 Å². The first-order valence-corrected chi connectivity index (χ1v) is 7.05. The Hall–Kier alpha value is -1.45. The highest BCUT2D eigenvalue weighted by Crippen LogP contribution is 2.38. The average Bonchev–Trinajstić information content (AvgIpc) is 3.14. The van der Waals surface area contributed by atoms with Crippen molar-refractivity contribution in [3.8, 4) is 5.75 Å². The monoisotopic (exact) mass is 266 g/mol. The lowest BCUT2D eigenvalue weighted by molar-refractivity contribution is 0.231. The third kappa shape index (κ3) is 3.31. The first-order valence-electron chi connectivity index (χ1n) is 7.05. The van der Waals surface area contributed by atoms with E-state index < -0.39 is 0 Å². The van der Waals surface area contributed by atoms with Crippen molar-refractivity contribution >= 4 is 11.4 Å². The second kappa shape index (κ2) is 5.68. The fourth-order valence-corrected chi connectivity index (χ4v) is 2.28. The molecule has 0 aromatic heterocycles. The molecule has 0 amide bonds. The molecular weight excluding hydrogens is 243 g/mol. The summed E-state index contributed by atoms with van der Waals surface area (Å²) in [5, 5.41) is 0. The van der Waals surface area contributed by atoms with E-state index in [1.165, 1.54) is 18.9 Å². The van der Waals surface area contributed by atoms with Crippen molar-refractivity contribution < 1.29 is 9.13 Å². The Bertz CT molecular complexity index is 444.